The summed E-state index contributed by atoms with van der Waals surface area (Å²) in [6.45, 7) is 5.86. The Morgan fingerprint density at radius 2 is 1.54 bits per heavy atom. The number of carbonyl (C=O) groups excluding carboxylic acids is 2. The molecule has 1 aromatic heterocycles. The molecule has 8 rings (SSSR count). The van der Waals surface area contributed by atoms with E-state index in [2.05, 4.69) is 29.8 Å². The van der Waals surface area contributed by atoms with Crippen molar-refractivity contribution in [2.75, 3.05) is 27.3 Å². The van der Waals surface area contributed by atoms with E-state index in [1.165, 1.54) is 6.42 Å². The van der Waals surface area contributed by atoms with Crippen molar-refractivity contribution in [2.24, 2.45) is 23.7 Å². The van der Waals surface area contributed by atoms with Gasteiger partial charge in [0, 0.05) is 11.6 Å². The molecule has 4 aliphatic carbocycles. The van der Waals surface area contributed by atoms with E-state index in [0.29, 0.717) is 45.8 Å². The van der Waals surface area contributed by atoms with Crippen molar-refractivity contribution in [3.63, 3.8) is 0 Å². The Kier molecular flexibility index (Phi) is 10.2. The number of amides is 2. The molecule has 5 aliphatic rings. The minimum atomic E-state index is -1.32. The van der Waals surface area contributed by atoms with Gasteiger partial charge < -0.3 is 30.5 Å². The minimum Gasteiger partial charge on any atom is -0.496 e. The molecule has 0 unspecified atom stereocenters. The van der Waals surface area contributed by atoms with Crippen LogP contribution >= 0.6 is 12.4 Å². The number of benzene rings is 2. The van der Waals surface area contributed by atoms with Gasteiger partial charge >= 0.3 is 5.97 Å². The molecular weight excluding hydrogens is 658 g/mol. The van der Waals surface area contributed by atoms with Crippen LogP contribution in [0.3, 0.4) is 0 Å². The Morgan fingerprint density at radius 3 is 2.10 bits per heavy atom. The van der Waals surface area contributed by atoms with Gasteiger partial charge in [0.15, 0.2) is 5.69 Å². The standard InChI is InChI=1S/C38H47N5O6.ClH/c1-21(2)28-19-24(35(44)40-27-10-12-39-13-11-27)8-9-30(28)43-31(34-32(48-3)6-5-7-33(34)49-4)20-29(42-43)36(45)41-38(37(46)47)25-15-22-14-23(17-25)18-26(38)16-22;/h5-9,19-23,25-27,39H,10-18H2,1-4H3,(H,40,44)(H,41,45)(H,46,47);1H. The number of ether oxygens (including phenoxy) is 2. The molecular formula is C38H48ClN5O6. The highest BCUT2D eigenvalue weighted by molar-refractivity contribution is 5.98. The van der Waals surface area contributed by atoms with E-state index in [4.69, 9.17) is 14.6 Å². The lowest BCUT2D eigenvalue weighted by Gasteiger charge is -2.59. The van der Waals surface area contributed by atoms with Crippen molar-refractivity contribution in [3.05, 3.63) is 59.3 Å². The highest BCUT2D eigenvalue weighted by Crippen LogP contribution is 2.58. The highest BCUT2D eigenvalue weighted by Gasteiger charge is 2.62. The molecule has 1 aliphatic heterocycles. The molecule has 11 nitrogen and oxygen atoms in total. The first kappa shape index (κ1) is 35.7. The molecule has 5 fully saturated rings. The topological polar surface area (TPSA) is 144 Å². The summed E-state index contributed by atoms with van der Waals surface area (Å²) in [6.07, 6.45) is 6.24. The minimum absolute atomic E-state index is 0. The molecule has 268 valence electrons. The number of nitrogens with one attached hydrogen (secondary N) is 3. The van der Waals surface area contributed by atoms with Gasteiger partial charge in [0.1, 0.15) is 17.0 Å². The van der Waals surface area contributed by atoms with Crippen molar-refractivity contribution in [3.8, 4) is 28.4 Å². The van der Waals surface area contributed by atoms with Crippen LogP contribution in [0.25, 0.3) is 16.9 Å². The largest absolute Gasteiger partial charge is 0.496 e. The Balaban J connectivity index is 0.00000432. The maximum Gasteiger partial charge on any atom is 0.330 e. The molecule has 4 saturated carbocycles. The second kappa shape index (κ2) is 14.3. The zero-order valence-electron chi connectivity index (χ0n) is 29.2. The van der Waals surface area contributed by atoms with Gasteiger partial charge in [-0.25, -0.2) is 9.48 Å². The summed E-state index contributed by atoms with van der Waals surface area (Å²) >= 11 is 0. The first-order valence-corrected chi connectivity index (χ1v) is 17.7. The van der Waals surface area contributed by atoms with Crippen LogP contribution in [0.2, 0.25) is 0 Å². The smallest absolute Gasteiger partial charge is 0.330 e. The number of halogens is 1. The van der Waals surface area contributed by atoms with Crippen molar-refractivity contribution in [2.45, 2.75) is 76.3 Å². The predicted octanol–water partition coefficient (Wildman–Crippen LogP) is 5.59. The second-order valence-electron chi connectivity index (χ2n) is 14.7. The highest BCUT2D eigenvalue weighted by atomic mass is 35.5. The number of methoxy groups -OCH3 is 2. The van der Waals surface area contributed by atoms with Crippen LogP contribution in [0, 0.1) is 23.7 Å². The summed E-state index contributed by atoms with van der Waals surface area (Å²) in [7, 11) is 3.15. The molecule has 2 amide bonds. The van der Waals surface area contributed by atoms with Gasteiger partial charge in [-0.3, -0.25) is 9.59 Å². The first-order valence-electron chi connectivity index (χ1n) is 17.7. The fraction of sp³-hybridized carbons (Fsp3) is 0.526. The lowest BCUT2D eigenvalue weighted by Crippen LogP contribution is -2.70. The Hall–Kier alpha value is -4.09. The summed E-state index contributed by atoms with van der Waals surface area (Å²) in [5, 5.41) is 25.2. The molecule has 0 spiro atoms. The molecule has 1 saturated heterocycles. The zero-order chi connectivity index (χ0) is 34.4. The summed E-state index contributed by atoms with van der Waals surface area (Å²) in [5.74, 6) is 0.327. The maximum absolute atomic E-state index is 14.3. The van der Waals surface area contributed by atoms with Crippen molar-refractivity contribution in [1.82, 2.24) is 25.7 Å². The maximum atomic E-state index is 14.3. The summed E-state index contributed by atoms with van der Waals surface area (Å²) in [6, 6.07) is 12.8. The lowest BCUT2D eigenvalue weighted by molar-refractivity contribution is -0.163. The SMILES string of the molecule is COc1cccc(OC)c1-c1cc(C(=O)NC2(C(=O)O)C3CC4CC(C3)CC2C4)nn1-c1ccc(C(=O)NC2CCNCC2)cc1C(C)C.Cl. The first-order chi connectivity index (χ1) is 23.6. The van der Waals surface area contributed by atoms with Gasteiger partial charge in [-0.1, -0.05) is 19.9 Å². The van der Waals surface area contributed by atoms with Crippen LogP contribution in [0.4, 0.5) is 0 Å². The average molecular weight is 706 g/mol. The van der Waals surface area contributed by atoms with Gasteiger partial charge in [0.2, 0.25) is 0 Å². The Labute approximate surface area is 299 Å². The number of rotatable bonds is 10. The van der Waals surface area contributed by atoms with Gasteiger partial charge in [-0.2, -0.15) is 5.10 Å². The van der Waals surface area contributed by atoms with Crippen LogP contribution in [0.15, 0.2) is 42.5 Å². The van der Waals surface area contributed by atoms with Crippen LogP contribution in [0.1, 0.15) is 91.1 Å². The fourth-order valence-corrected chi connectivity index (χ4v) is 9.33. The third kappa shape index (κ3) is 6.23. The zero-order valence-corrected chi connectivity index (χ0v) is 30.0. The molecule has 0 atom stereocenters. The van der Waals surface area contributed by atoms with Crippen LogP contribution in [-0.4, -0.2) is 71.6 Å². The van der Waals surface area contributed by atoms with Crippen molar-refractivity contribution < 1.29 is 29.0 Å². The van der Waals surface area contributed by atoms with Gasteiger partial charge in [0.25, 0.3) is 11.8 Å². The van der Waals surface area contributed by atoms with Crippen LogP contribution in [-0.2, 0) is 4.79 Å². The predicted molar refractivity (Wildman–Crippen MR) is 192 cm³/mol. The summed E-state index contributed by atoms with van der Waals surface area (Å²) in [5.41, 5.74) is 2.04. The molecule has 4 N–H and O–H groups in total. The molecule has 4 bridgehead atoms. The number of hydrogen-bond acceptors (Lipinski definition) is 7. The van der Waals surface area contributed by atoms with Crippen molar-refractivity contribution in [1.29, 1.82) is 0 Å². The van der Waals surface area contributed by atoms with Gasteiger partial charge in [-0.15, -0.1) is 12.4 Å². The van der Waals surface area contributed by atoms with E-state index in [1.807, 2.05) is 30.3 Å². The Morgan fingerprint density at radius 1 is 0.920 bits per heavy atom. The number of nitrogens with zero attached hydrogens (tertiary/aromatic N) is 2. The lowest BCUT2D eigenvalue weighted by atomic mass is 9.48. The van der Waals surface area contributed by atoms with E-state index in [-0.39, 0.29) is 47.8 Å². The fourth-order valence-electron chi connectivity index (χ4n) is 9.33. The number of carboxylic acids is 1. The van der Waals surface area contributed by atoms with Crippen LogP contribution in [0.5, 0.6) is 11.5 Å². The average Bonchev–Trinajstić information content (AvgIpc) is 3.54. The monoisotopic (exact) mass is 705 g/mol. The number of aromatic nitrogens is 2. The molecule has 0 radical (unpaired) electrons. The molecule has 2 heterocycles. The normalized spacial score (nSPS) is 25.5. The summed E-state index contributed by atoms with van der Waals surface area (Å²) in [4.78, 5) is 40.7. The number of piperidine rings is 1. The molecule has 3 aromatic rings. The second-order valence-corrected chi connectivity index (χ2v) is 14.7. The number of carboxylic acid groups (broad SMARTS) is 1. The van der Waals surface area contributed by atoms with E-state index in [9.17, 15) is 19.5 Å². The van der Waals surface area contributed by atoms with E-state index in [1.54, 1.807) is 31.0 Å². The van der Waals surface area contributed by atoms with Crippen molar-refractivity contribution >= 4 is 30.2 Å². The van der Waals surface area contributed by atoms with Gasteiger partial charge in [-0.05, 0) is 130 Å². The summed E-state index contributed by atoms with van der Waals surface area (Å²) < 4.78 is 13.3. The van der Waals surface area contributed by atoms with E-state index < -0.39 is 17.4 Å². The molecule has 12 heteroatoms. The Bertz CT molecular complexity index is 1720. The quantitative estimate of drug-likeness (QED) is 0.214. The third-order valence-corrected chi connectivity index (χ3v) is 11.5. The van der Waals surface area contributed by atoms with Gasteiger partial charge in [0.05, 0.1) is 31.2 Å². The third-order valence-electron chi connectivity index (χ3n) is 11.5. The van der Waals surface area contributed by atoms with Crippen LogP contribution < -0.4 is 25.4 Å². The molecule has 50 heavy (non-hydrogen) atoms. The van der Waals surface area contributed by atoms with E-state index >= 15 is 0 Å². The van der Waals surface area contributed by atoms with E-state index in [0.717, 1.165) is 57.2 Å². The number of carbonyl (C=O) groups is 3. The number of hydrogen-bond donors (Lipinski definition) is 4. The number of aliphatic carboxylic acids is 1. The molecule has 2 aromatic carbocycles.